The molecule has 0 saturated carbocycles. The summed E-state index contributed by atoms with van der Waals surface area (Å²) in [7, 11) is 1.72. The van der Waals surface area contributed by atoms with Gasteiger partial charge in [0.2, 0.25) is 0 Å². The first-order chi connectivity index (χ1) is 5.75. The van der Waals surface area contributed by atoms with Crippen LogP contribution in [-0.2, 0) is 0 Å². The molecule has 0 spiro atoms. The van der Waals surface area contributed by atoms with Gasteiger partial charge in [-0.25, -0.2) is 0 Å². The van der Waals surface area contributed by atoms with Crippen LogP contribution in [0.25, 0.3) is 0 Å². The lowest BCUT2D eigenvalue weighted by Crippen LogP contribution is -1.87. The Morgan fingerprint density at radius 3 is 2.33 bits per heavy atom. The first kappa shape index (κ1) is 11.8. The molecule has 0 unspecified atom stereocenters. The zero-order chi connectivity index (χ0) is 9.56. The lowest BCUT2D eigenvalue weighted by atomic mass is 10.1. The Morgan fingerprint density at radius 2 is 2.00 bits per heavy atom. The van der Waals surface area contributed by atoms with Gasteiger partial charge in [-0.15, -0.1) is 11.3 Å². The predicted octanol–water partition coefficient (Wildman–Crippen LogP) is 3.43. The first-order valence-corrected chi connectivity index (χ1v) is 5.59. The summed E-state index contributed by atoms with van der Waals surface area (Å²) in [5.41, 5.74) is 1.31. The minimum atomic E-state index is 0.571. The summed E-state index contributed by atoms with van der Waals surface area (Å²) >= 11 is 5.18. The molecule has 1 rings (SSSR count). The lowest BCUT2D eigenvalue weighted by Gasteiger charge is -2.03. The Bertz CT molecular complexity index is 206. The normalized spacial score (nSPS) is 9.17. The Balaban J connectivity index is 0.000000561. The van der Waals surface area contributed by atoms with E-state index in [4.69, 9.17) is 4.74 Å². The average molecular weight is 204 g/mol. The molecule has 0 N–H and O–H groups in total. The minimum absolute atomic E-state index is 0.571. The van der Waals surface area contributed by atoms with Crippen molar-refractivity contribution < 1.29 is 4.74 Å². The van der Waals surface area contributed by atoms with Gasteiger partial charge in [0.25, 0.3) is 0 Å². The summed E-state index contributed by atoms with van der Waals surface area (Å²) in [6.07, 6.45) is 1.69. The van der Waals surface area contributed by atoms with Gasteiger partial charge < -0.3 is 4.74 Å². The van der Waals surface area contributed by atoms with Crippen molar-refractivity contribution in [1.29, 1.82) is 0 Å². The summed E-state index contributed by atoms with van der Waals surface area (Å²) in [5.74, 6) is 0.571. The van der Waals surface area contributed by atoms with Gasteiger partial charge in [-0.05, 0) is 23.6 Å². The molecule has 0 atom stereocenters. The van der Waals surface area contributed by atoms with E-state index in [1.807, 2.05) is 0 Å². The maximum atomic E-state index is 5.17. The van der Waals surface area contributed by atoms with E-state index < -0.39 is 0 Å². The molecule has 0 aliphatic rings. The molecule has 12 heavy (non-hydrogen) atoms. The molecular weight excluding hydrogens is 188 g/mol. The molecule has 1 aromatic heterocycles. The fourth-order valence-electron chi connectivity index (χ4n) is 0.899. The van der Waals surface area contributed by atoms with Crippen LogP contribution in [0.5, 0.6) is 5.06 Å². The zero-order valence-corrected chi connectivity index (χ0v) is 9.71. The average Bonchev–Trinajstić information content (AvgIpc) is 2.55. The van der Waals surface area contributed by atoms with Crippen LogP contribution in [0, 0.1) is 0 Å². The number of thiophene rings is 1. The maximum Gasteiger partial charge on any atom is 0.176 e. The predicted molar refractivity (Wildman–Crippen MR) is 59.9 cm³/mol. The van der Waals surface area contributed by atoms with Crippen LogP contribution in [-0.4, -0.2) is 13.4 Å². The summed E-state index contributed by atoms with van der Waals surface area (Å²) < 4.78 is 5.17. The van der Waals surface area contributed by atoms with Crippen LogP contribution in [0.3, 0.4) is 0 Å². The number of hydrogen-bond donors (Lipinski definition) is 1. The quantitative estimate of drug-likeness (QED) is 0.726. The van der Waals surface area contributed by atoms with Crippen LogP contribution in [0.2, 0.25) is 0 Å². The highest BCUT2D eigenvalue weighted by Crippen LogP contribution is 2.31. The Kier molecular flexibility index (Phi) is 6.30. The van der Waals surface area contributed by atoms with Crippen LogP contribution in [0.1, 0.15) is 25.3 Å². The molecule has 0 aromatic carbocycles. The summed E-state index contributed by atoms with van der Waals surface area (Å²) in [4.78, 5) is 0. The third kappa shape index (κ3) is 3.07. The number of methoxy groups -OCH3 is 1. The highest BCUT2D eigenvalue weighted by Gasteiger charge is 2.06. The second kappa shape index (κ2) is 6.38. The molecular formula is C9H16OS2. The molecule has 0 saturated heterocycles. The van der Waals surface area contributed by atoms with E-state index in [9.17, 15) is 0 Å². The lowest BCUT2D eigenvalue weighted by molar-refractivity contribution is 0.420. The van der Waals surface area contributed by atoms with Crippen LogP contribution in [0.4, 0.5) is 0 Å². The van der Waals surface area contributed by atoms with Crippen LogP contribution < -0.4 is 4.74 Å². The van der Waals surface area contributed by atoms with Crippen LogP contribution in [0.15, 0.2) is 11.4 Å². The number of thiol groups is 1. The second-order valence-corrected chi connectivity index (χ2v) is 3.40. The van der Waals surface area contributed by atoms with Crippen molar-refractivity contribution in [3.8, 4) is 5.06 Å². The van der Waals surface area contributed by atoms with Crippen molar-refractivity contribution in [3.63, 3.8) is 0 Å². The fraction of sp³-hybridized carbons (Fsp3) is 0.556. The SMILES string of the molecule is COc1sccc1C(C)C.CS. The van der Waals surface area contributed by atoms with E-state index in [1.54, 1.807) is 24.7 Å². The fourth-order valence-corrected chi connectivity index (χ4v) is 1.77. The molecule has 0 bridgehead atoms. The van der Waals surface area contributed by atoms with E-state index in [0.29, 0.717) is 5.92 Å². The van der Waals surface area contributed by atoms with Crippen molar-refractivity contribution in [1.82, 2.24) is 0 Å². The Labute approximate surface area is 84.2 Å². The minimum Gasteiger partial charge on any atom is -0.487 e. The molecule has 70 valence electrons. The van der Waals surface area contributed by atoms with Crippen molar-refractivity contribution in [3.05, 3.63) is 17.0 Å². The maximum absolute atomic E-state index is 5.17. The number of hydrogen-bond acceptors (Lipinski definition) is 3. The second-order valence-electron chi connectivity index (χ2n) is 2.52. The van der Waals surface area contributed by atoms with Gasteiger partial charge in [0, 0.05) is 5.56 Å². The monoisotopic (exact) mass is 204 g/mol. The van der Waals surface area contributed by atoms with Gasteiger partial charge in [-0.1, -0.05) is 13.8 Å². The first-order valence-electron chi connectivity index (χ1n) is 3.81. The van der Waals surface area contributed by atoms with Gasteiger partial charge in [0.15, 0.2) is 5.06 Å². The zero-order valence-electron chi connectivity index (χ0n) is 8.00. The van der Waals surface area contributed by atoms with Crippen molar-refractivity contribution in [2.75, 3.05) is 13.4 Å². The van der Waals surface area contributed by atoms with E-state index in [1.165, 1.54) is 5.56 Å². The van der Waals surface area contributed by atoms with Crippen LogP contribution >= 0.6 is 24.0 Å². The van der Waals surface area contributed by atoms with Gasteiger partial charge >= 0.3 is 0 Å². The van der Waals surface area contributed by atoms with E-state index in [0.717, 1.165) is 5.06 Å². The highest BCUT2D eigenvalue weighted by molar-refractivity contribution is 7.79. The van der Waals surface area contributed by atoms with Gasteiger partial charge in [-0.3, -0.25) is 0 Å². The Morgan fingerprint density at radius 1 is 1.42 bits per heavy atom. The molecule has 0 aliphatic heterocycles. The topological polar surface area (TPSA) is 9.23 Å². The summed E-state index contributed by atoms with van der Waals surface area (Å²) in [6.45, 7) is 4.34. The molecule has 0 amide bonds. The molecule has 0 radical (unpaired) electrons. The standard InChI is InChI=1S/C8H12OS.CH4S/c1-6(2)7-4-5-10-8(7)9-3;1-2/h4-6H,1-3H3;2H,1H3. The molecule has 1 aromatic rings. The van der Waals surface area contributed by atoms with E-state index in [-0.39, 0.29) is 0 Å². The third-order valence-corrected chi connectivity index (χ3v) is 2.35. The third-order valence-electron chi connectivity index (χ3n) is 1.47. The van der Waals surface area contributed by atoms with Gasteiger partial charge in [0.1, 0.15) is 0 Å². The summed E-state index contributed by atoms with van der Waals surface area (Å²) in [5, 5.41) is 3.11. The molecule has 0 fully saturated rings. The van der Waals surface area contributed by atoms with Gasteiger partial charge in [0.05, 0.1) is 7.11 Å². The van der Waals surface area contributed by atoms with Gasteiger partial charge in [-0.2, -0.15) is 12.6 Å². The number of ether oxygens (including phenoxy) is 1. The van der Waals surface area contributed by atoms with E-state index >= 15 is 0 Å². The highest BCUT2D eigenvalue weighted by atomic mass is 32.1. The van der Waals surface area contributed by atoms with Crippen molar-refractivity contribution in [2.24, 2.45) is 0 Å². The van der Waals surface area contributed by atoms with Crippen molar-refractivity contribution >= 4 is 24.0 Å². The van der Waals surface area contributed by atoms with Crippen molar-refractivity contribution in [2.45, 2.75) is 19.8 Å². The smallest absolute Gasteiger partial charge is 0.176 e. The largest absolute Gasteiger partial charge is 0.487 e. The molecule has 1 nitrogen and oxygen atoms in total. The molecule has 1 heterocycles. The Hall–Kier alpha value is -0.150. The molecule has 0 aliphatic carbocycles. The summed E-state index contributed by atoms with van der Waals surface area (Å²) in [6, 6.07) is 2.12. The van der Waals surface area contributed by atoms with E-state index in [2.05, 4.69) is 37.9 Å². The molecule has 3 heteroatoms. The number of rotatable bonds is 2.